The zero-order chi connectivity index (χ0) is 9.52. The molecule has 0 aliphatic rings. The molecule has 0 saturated heterocycles. The van der Waals surface area contributed by atoms with Gasteiger partial charge in [-0.15, -0.1) is 11.6 Å². The molecule has 0 radical (unpaired) electrons. The Morgan fingerprint density at radius 2 is 2.08 bits per heavy atom. The van der Waals surface area contributed by atoms with E-state index in [0.29, 0.717) is 0 Å². The van der Waals surface area contributed by atoms with Crippen LogP contribution in [0.2, 0.25) is 0 Å². The van der Waals surface area contributed by atoms with Crippen molar-refractivity contribution < 1.29 is 0 Å². The molecule has 0 saturated carbocycles. The molecular weight excluding hydrogens is 182 g/mol. The number of alkyl halides is 1. The Labute approximate surface area is 85.1 Å². The van der Waals surface area contributed by atoms with E-state index in [2.05, 4.69) is 17.1 Å². The summed E-state index contributed by atoms with van der Waals surface area (Å²) in [4.78, 5) is 4.25. The number of halogens is 1. The second-order valence-electron chi connectivity index (χ2n) is 3.31. The molecule has 1 aromatic rings. The van der Waals surface area contributed by atoms with Gasteiger partial charge < -0.3 is 0 Å². The fourth-order valence-corrected chi connectivity index (χ4v) is 1.44. The van der Waals surface area contributed by atoms with Crippen LogP contribution in [0.3, 0.4) is 0 Å². The van der Waals surface area contributed by atoms with E-state index in [0.717, 1.165) is 24.4 Å². The molecule has 0 aliphatic carbocycles. The van der Waals surface area contributed by atoms with Crippen molar-refractivity contribution in [2.45, 2.75) is 32.6 Å². The quantitative estimate of drug-likeness (QED) is 0.521. The molecule has 72 valence electrons. The normalized spacial score (nSPS) is 10.3. The molecule has 0 aromatic carbocycles. The summed E-state index contributed by atoms with van der Waals surface area (Å²) in [7, 11) is 0. The smallest absolute Gasteiger partial charge is 0.0372 e. The van der Waals surface area contributed by atoms with Crippen LogP contribution >= 0.6 is 11.6 Å². The lowest BCUT2D eigenvalue weighted by molar-refractivity contribution is 0.719. The topological polar surface area (TPSA) is 12.9 Å². The number of unbranched alkanes of at least 4 members (excludes halogenated alkanes) is 2. The molecule has 0 fully saturated rings. The lowest BCUT2D eigenvalue weighted by Crippen LogP contribution is -1.88. The molecule has 2 heteroatoms. The van der Waals surface area contributed by atoms with Crippen LogP contribution in [0.25, 0.3) is 0 Å². The van der Waals surface area contributed by atoms with Gasteiger partial charge in [0.05, 0.1) is 0 Å². The van der Waals surface area contributed by atoms with Crippen LogP contribution in [0.1, 0.15) is 30.5 Å². The molecule has 1 rings (SSSR count). The number of pyridine rings is 1. The van der Waals surface area contributed by atoms with Crippen LogP contribution in [-0.4, -0.2) is 10.9 Å². The number of aromatic nitrogens is 1. The minimum atomic E-state index is 0.784. The Kier molecular flexibility index (Phi) is 4.84. The first-order valence-electron chi connectivity index (χ1n) is 4.80. The van der Waals surface area contributed by atoms with Crippen molar-refractivity contribution in [2.24, 2.45) is 0 Å². The van der Waals surface area contributed by atoms with Crippen molar-refractivity contribution in [3.05, 3.63) is 29.6 Å². The van der Waals surface area contributed by atoms with Crippen LogP contribution in [0.4, 0.5) is 0 Å². The fraction of sp³-hybridized carbons (Fsp3) is 0.545. The van der Waals surface area contributed by atoms with Crippen LogP contribution in [-0.2, 0) is 6.42 Å². The predicted octanol–water partition coefficient (Wildman–Crippen LogP) is 3.34. The van der Waals surface area contributed by atoms with E-state index in [-0.39, 0.29) is 0 Å². The molecule has 1 nitrogen and oxygen atoms in total. The van der Waals surface area contributed by atoms with Gasteiger partial charge in [0.1, 0.15) is 0 Å². The van der Waals surface area contributed by atoms with Gasteiger partial charge in [-0.2, -0.15) is 0 Å². The first kappa shape index (κ1) is 10.5. The molecular formula is C11H16ClN. The van der Waals surface area contributed by atoms with Crippen molar-refractivity contribution >= 4 is 11.6 Å². The maximum atomic E-state index is 5.59. The number of hydrogen-bond acceptors (Lipinski definition) is 1. The molecule has 0 bridgehead atoms. The molecule has 0 spiro atoms. The van der Waals surface area contributed by atoms with Crippen LogP contribution in [0.5, 0.6) is 0 Å². The average molecular weight is 198 g/mol. The van der Waals surface area contributed by atoms with E-state index in [9.17, 15) is 0 Å². The lowest BCUT2D eigenvalue weighted by atomic mass is 10.1. The van der Waals surface area contributed by atoms with E-state index in [4.69, 9.17) is 11.6 Å². The third-order valence-electron chi connectivity index (χ3n) is 2.07. The SMILES string of the molecule is Cc1ccc(CCCCCCl)cn1. The number of rotatable bonds is 5. The number of nitrogens with zero attached hydrogens (tertiary/aromatic N) is 1. The van der Waals surface area contributed by atoms with Gasteiger partial charge in [-0.05, 0) is 37.8 Å². The monoisotopic (exact) mass is 197 g/mol. The molecule has 0 aliphatic heterocycles. The second kappa shape index (κ2) is 5.98. The molecule has 0 N–H and O–H groups in total. The van der Waals surface area contributed by atoms with Crippen molar-refractivity contribution in [2.75, 3.05) is 5.88 Å². The molecule has 1 heterocycles. The highest BCUT2D eigenvalue weighted by Crippen LogP contribution is 2.06. The van der Waals surface area contributed by atoms with Gasteiger partial charge in [-0.1, -0.05) is 12.5 Å². The zero-order valence-corrected chi connectivity index (χ0v) is 8.85. The summed E-state index contributed by atoms with van der Waals surface area (Å²) in [5.41, 5.74) is 2.42. The van der Waals surface area contributed by atoms with Gasteiger partial charge >= 0.3 is 0 Å². The van der Waals surface area contributed by atoms with Crippen LogP contribution < -0.4 is 0 Å². The zero-order valence-electron chi connectivity index (χ0n) is 8.09. The summed E-state index contributed by atoms with van der Waals surface area (Å²) in [5, 5.41) is 0. The van der Waals surface area contributed by atoms with E-state index in [1.165, 1.54) is 18.4 Å². The molecule has 0 amide bonds. The minimum absolute atomic E-state index is 0.784. The van der Waals surface area contributed by atoms with E-state index in [1.807, 2.05) is 13.1 Å². The highest BCUT2D eigenvalue weighted by Gasteiger charge is 1.93. The van der Waals surface area contributed by atoms with Gasteiger partial charge in [-0.3, -0.25) is 4.98 Å². The third kappa shape index (κ3) is 4.28. The maximum absolute atomic E-state index is 5.59. The van der Waals surface area contributed by atoms with Gasteiger partial charge in [0.15, 0.2) is 0 Å². The summed E-state index contributed by atoms with van der Waals surface area (Å²) in [6, 6.07) is 4.22. The summed E-state index contributed by atoms with van der Waals surface area (Å²) < 4.78 is 0. The predicted molar refractivity (Wildman–Crippen MR) is 57.2 cm³/mol. The Hall–Kier alpha value is -0.560. The van der Waals surface area contributed by atoms with Gasteiger partial charge in [0.25, 0.3) is 0 Å². The highest BCUT2D eigenvalue weighted by molar-refractivity contribution is 6.17. The Bertz CT molecular complexity index is 230. The first-order chi connectivity index (χ1) is 6.33. The van der Waals surface area contributed by atoms with E-state index in [1.54, 1.807) is 0 Å². The molecule has 0 atom stereocenters. The third-order valence-corrected chi connectivity index (χ3v) is 2.34. The average Bonchev–Trinajstić information content (AvgIpc) is 2.15. The molecule has 13 heavy (non-hydrogen) atoms. The summed E-state index contributed by atoms with van der Waals surface area (Å²) in [5.74, 6) is 0.784. The summed E-state index contributed by atoms with van der Waals surface area (Å²) >= 11 is 5.59. The number of hydrogen-bond donors (Lipinski definition) is 0. The van der Waals surface area contributed by atoms with Crippen molar-refractivity contribution in [1.29, 1.82) is 0 Å². The van der Waals surface area contributed by atoms with Crippen LogP contribution in [0, 0.1) is 6.92 Å². The summed E-state index contributed by atoms with van der Waals surface area (Å²) in [6.45, 7) is 2.01. The Morgan fingerprint density at radius 3 is 2.69 bits per heavy atom. The largest absolute Gasteiger partial charge is 0.261 e. The standard InChI is InChI=1S/C11H16ClN/c1-10-6-7-11(9-13-10)5-3-2-4-8-12/h6-7,9H,2-5,8H2,1H3. The number of aryl methyl sites for hydroxylation is 2. The maximum Gasteiger partial charge on any atom is 0.0372 e. The van der Waals surface area contributed by atoms with Gasteiger partial charge in [0, 0.05) is 17.8 Å². The van der Waals surface area contributed by atoms with Gasteiger partial charge in [0.2, 0.25) is 0 Å². The Balaban J connectivity index is 2.25. The highest BCUT2D eigenvalue weighted by atomic mass is 35.5. The summed E-state index contributed by atoms with van der Waals surface area (Å²) in [6.07, 6.45) is 6.66. The minimum Gasteiger partial charge on any atom is -0.261 e. The van der Waals surface area contributed by atoms with Crippen LogP contribution in [0.15, 0.2) is 18.3 Å². The molecule has 0 unspecified atom stereocenters. The lowest BCUT2D eigenvalue weighted by Gasteiger charge is -2.00. The van der Waals surface area contributed by atoms with Crippen molar-refractivity contribution in [1.82, 2.24) is 4.98 Å². The first-order valence-corrected chi connectivity index (χ1v) is 5.34. The van der Waals surface area contributed by atoms with E-state index < -0.39 is 0 Å². The van der Waals surface area contributed by atoms with Gasteiger partial charge in [-0.25, -0.2) is 0 Å². The Morgan fingerprint density at radius 1 is 1.23 bits per heavy atom. The van der Waals surface area contributed by atoms with E-state index >= 15 is 0 Å². The fourth-order valence-electron chi connectivity index (χ4n) is 1.25. The van der Waals surface area contributed by atoms with Crippen molar-refractivity contribution in [3.63, 3.8) is 0 Å². The van der Waals surface area contributed by atoms with Crippen molar-refractivity contribution in [3.8, 4) is 0 Å². The second-order valence-corrected chi connectivity index (χ2v) is 3.69. The molecule has 1 aromatic heterocycles.